The van der Waals surface area contributed by atoms with E-state index in [1.807, 2.05) is 0 Å². The van der Waals surface area contributed by atoms with Gasteiger partial charge in [0.15, 0.2) is 34.1 Å². The van der Waals surface area contributed by atoms with Gasteiger partial charge in [0.1, 0.15) is 0 Å². The number of carboxylic acid groups (broad SMARTS) is 2. The summed E-state index contributed by atoms with van der Waals surface area (Å²) in [6, 6.07) is 5.64. The lowest BCUT2D eigenvalue weighted by Crippen LogP contribution is -2.17. The van der Waals surface area contributed by atoms with E-state index in [1.54, 1.807) is 0 Å². The molecule has 2 amide bonds. The SMILES string of the molecule is O=C(Nc1cn(CCn2cc(NC(=O)c3ccc4nnnn4n3)c(C(=O)O)n2)nc1C(=O)O)c1ccc2nnnn2n1. The van der Waals surface area contributed by atoms with E-state index in [1.165, 1.54) is 46.0 Å². The first-order chi connectivity index (χ1) is 20.2. The highest BCUT2D eigenvalue weighted by Crippen LogP contribution is 2.18. The van der Waals surface area contributed by atoms with Crippen LogP contribution in [0.5, 0.6) is 0 Å². The van der Waals surface area contributed by atoms with E-state index in [9.17, 15) is 29.4 Å². The molecule has 0 aromatic carbocycles. The molecule has 0 aliphatic carbocycles. The molecular weight excluding hydrogens is 560 g/mol. The van der Waals surface area contributed by atoms with Crippen molar-refractivity contribution in [2.24, 2.45) is 0 Å². The van der Waals surface area contributed by atoms with E-state index in [-0.39, 0.29) is 35.9 Å². The molecule has 6 heterocycles. The lowest BCUT2D eigenvalue weighted by molar-refractivity contribution is 0.0679. The second kappa shape index (κ2) is 10.1. The first-order valence-electron chi connectivity index (χ1n) is 11.6. The summed E-state index contributed by atoms with van der Waals surface area (Å²) in [7, 11) is 0. The second-order valence-electron chi connectivity index (χ2n) is 8.32. The van der Waals surface area contributed by atoms with E-state index < -0.39 is 35.1 Å². The minimum atomic E-state index is -1.40. The monoisotopic (exact) mass is 574 g/mol. The van der Waals surface area contributed by atoms with Crippen molar-refractivity contribution < 1.29 is 29.4 Å². The van der Waals surface area contributed by atoms with Crippen LogP contribution in [-0.4, -0.2) is 104 Å². The Kier molecular flexibility index (Phi) is 6.14. The predicted octanol–water partition coefficient (Wildman–Crippen LogP) is -1.65. The minimum absolute atomic E-state index is 0.0105. The number of aromatic nitrogens is 14. The molecule has 0 saturated heterocycles. The predicted molar refractivity (Wildman–Crippen MR) is 131 cm³/mol. The van der Waals surface area contributed by atoms with Gasteiger partial charge in [0.2, 0.25) is 0 Å². The minimum Gasteiger partial charge on any atom is -0.476 e. The number of anilines is 2. The summed E-state index contributed by atoms with van der Waals surface area (Å²) in [6.45, 7) is 0.0211. The van der Waals surface area contributed by atoms with Gasteiger partial charge in [-0.2, -0.15) is 10.2 Å². The van der Waals surface area contributed by atoms with E-state index >= 15 is 0 Å². The molecular formula is C20H14N16O6. The molecule has 4 N–H and O–H groups in total. The molecule has 6 aromatic rings. The Morgan fingerprint density at radius 2 is 1.07 bits per heavy atom. The zero-order valence-electron chi connectivity index (χ0n) is 20.7. The van der Waals surface area contributed by atoms with Crippen molar-refractivity contribution in [3.8, 4) is 0 Å². The Labute approximate surface area is 229 Å². The molecule has 0 bridgehead atoms. The smallest absolute Gasteiger partial charge is 0.358 e. The Bertz CT molecular complexity index is 1880. The van der Waals surface area contributed by atoms with Crippen LogP contribution in [0.4, 0.5) is 11.4 Å². The number of aryl methyl sites for hydroxylation is 2. The van der Waals surface area contributed by atoms with E-state index in [0.29, 0.717) is 11.3 Å². The Hall–Kier alpha value is -6.74. The highest BCUT2D eigenvalue weighted by molar-refractivity contribution is 6.06. The molecule has 0 unspecified atom stereocenters. The molecule has 0 aliphatic rings. The number of aromatic carboxylic acids is 2. The third-order valence-corrected chi connectivity index (χ3v) is 5.59. The van der Waals surface area contributed by atoms with Crippen LogP contribution < -0.4 is 10.6 Å². The largest absolute Gasteiger partial charge is 0.476 e. The molecule has 0 radical (unpaired) electrons. The number of rotatable bonds is 9. The number of carbonyl (C=O) groups excluding carboxylic acids is 2. The van der Waals surface area contributed by atoms with Crippen molar-refractivity contribution in [1.29, 1.82) is 0 Å². The van der Waals surface area contributed by atoms with Gasteiger partial charge in [-0.1, -0.05) is 0 Å². The van der Waals surface area contributed by atoms with Gasteiger partial charge in [0.25, 0.3) is 11.8 Å². The van der Waals surface area contributed by atoms with Crippen molar-refractivity contribution in [2.45, 2.75) is 13.1 Å². The van der Waals surface area contributed by atoms with Gasteiger partial charge in [0.05, 0.1) is 24.5 Å². The van der Waals surface area contributed by atoms with Crippen LogP contribution >= 0.6 is 0 Å². The molecule has 22 nitrogen and oxygen atoms in total. The summed E-state index contributed by atoms with van der Waals surface area (Å²) in [5.41, 5.74) is -0.674. The van der Waals surface area contributed by atoms with E-state index in [4.69, 9.17) is 0 Å². The molecule has 22 heteroatoms. The van der Waals surface area contributed by atoms with Crippen molar-refractivity contribution >= 4 is 46.4 Å². The summed E-state index contributed by atoms with van der Waals surface area (Å²) in [5, 5.41) is 61.3. The molecule has 42 heavy (non-hydrogen) atoms. The average molecular weight is 574 g/mol. The fourth-order valence-corrected chi connectivity index (χ4v) is 3.69. The van der Waals surface area contributed by atoms with Gasteiger partial charge in [-0.05, 0) is 45.1 Å². The second-order valence-corrected chi connectivity index (χ2v) is 8.32. The maximum Gasteiger partial charge on any atom is 0.358 e. The summed E-state index contributed by atoms with van der Waals surface area (Å²) in [4.78, 5) is 48.9. The van der Waals surface area contributed by atoms with Crippen LogP contribution in [0, 0.1) is 0 Å². The number of amides is 2. The van der Waals surface area contributed by atoms with Crippen LogP contribution in [0.2, 0.25) is 0 Å². The first kappa shape index (κ1) is 25.5. The number of tetrazole rings is 2. The van der Waals surface area contributed by atoms with Gasteiger partial charge < -0.3 is 20.8 Å². The molecule has 0 atom stereocenters. The van der Waals surface area contributed by atoms with Gasteiger partial charge in [-0.3, -0.25) is 19.0 Å². The number of nitrogens with zero attached hydrogens (tertiary/aromatic N) is 14. The van der Waals surface area contributed by atoms with Crippen molar-refractivity contribution in [3.63, 3.8) is 0 Å². The van der Waals surface area contributed by atoms with Gasteiger partial charge in [-0.25, -0.2) is 9.59 Å². The number of carbonyl (C=O) groups is 4. The van der Waals surface area contributed by atoms with Gasteiger partial charge in [0, 0.05) is 12.4 Å². The van der Waals surface area contributed by atoms with E-state index in [2.05, 4.69) is 62.1 Å². The summed E-state index contributed by atoms with van der Waals surface area (Å²) < 4.78 is 4.52. The van der Waals surface area contributed by atoms with Gasteiger partial charge in [-0.15, -0.1) is 29.7 Å². The Balaban J connectivity index is 1.17. The topological polar surface area (TPSA) is 280 Å². The lowest BCUT2D eigenvalue weighted by Gasteiger charge is -2.03. The normalized spacial score (nSPS) is 11.1. The number of fused-ring (bicyclic) bond motifs is 2. The zero-order chi connectivity index (χ0) is 29.4. The zero-order valence-corrected chi connectivity index (χ0v) is 20.7. The summed E-state index contributed by atoms with van der Waals surface area (Å²) >= 11 is 0. The van der Waals surface area contributed by atoms with Crippen LogP contribution in [0.25, 0.3) is 11.3 Å². The molecule has 0 aliphatic heterocycles. The van der Waals surface area contributed by atoms with Crippen molar-refractivity contribution in [1.82, 2.24) is 70.1 Å². The van der Waals surface area contributed by atoms with E-state index in [0.717, 1.165) is 9.26 Å². The maximum absolute atomic E-state index is 12.7. The molecule has 0 saturated carbocycles. The third-order valence-electron chi connectivity index (χ3n) is 5.59. The highest BCUT2D eigenvalue weighted by atomic mass is 16.4. The average Bonchev–Trinajstić information content (AvgIpc) is 3.77. The van der Waals surface area contributed by atoms with Crippen LogP contribution in [0.15, 0.2) is 36.7 Å². The van der Waals surface area contributed by atoms with Gasteiger partial charge >= 0.3 is 11.9 Å². The quantitative estimate of drug-likeness (QED) is 0.150. The number of carboxylic acids is 2. The maximum atomic E-state index is 12.7. The van der Waals surface area contributed by atoms with Crippen LogP contribution in [-0.2, 0) is 13.1 Å². The fourth-order valence-electron chi connectivity index (χ4n) is 3.69. The molecule has 6 aromatic heterocycles. The highest BCUT2D eigenvalue weighted by Gasteiger charge is 2.22. The number of hydrogen-bond donors (Lipinski definition) is 4. The number of hydrogen-bond acceptors (Lipinski definition) is 14. The molecule has 0 fully saturated rings. The van der Waals surface area contributed by atoms with Crippen molar-refractivity contribution in [2.75, 3.05) is 10.6 Å². The van der Waals surface area contributed by atoms with Crippen LogP contribution in [0.3, 0.4) is 0 Å². The molecule has 6 rings (SSSR count). The summed E-state index contributed by atoms with van der Waals surface area (Å²) in [5.74, 6) is -4.28. The summed E-state index contributed by atoms with van der Waals surface area (Å²) in [6.07, 6.45) is 2.56. The molecule has 0 spiro atoms. The third kappa shape index (κ3) is 4.88. The fraction of sp³-hybridized carbons (Fsp3) is 0.100. The lowest BCUT2D eigenvalue weighted by atomic mass is 10.3. The Morgan fingerprint density at radius 1 is 0.643 bits per heavy atom. The number of nitrogens with one attached hydrogen (secondary N) is 2. The first-order valence-corrected chi connectivity index (χ1v) is 11.6. The molecule has 210 valence electrons. The Morgan fingerprint density at radius 3 is 1.48 bits per heavy atom. The van der Waals surface area contributed by atoms with Crippen molar-refractivity contribution in [3.05, 3.63) is 59.4 Å². The standard InChI is InChI=1S/C20H14N16O6/c37-17(9-1-3-13-23-29-31-35(13)25-9)21-11-7-33(27-15(11)19(39)40)5-6-34-8-12(16(28-34)20(41)42)22-18(38)10-2-4-14-24-30-32-36(14)26-10/h1-4,7-8H,5-6H2,(H,21,37)(H,22,38)(H,39,40)(H,41,42). The van der Waals surface area contributed by atoms with Crippen LogP contribution in [0.1, 0.15) is 42.0 Å².